The molecule has 7 nitrogen and oxygen atoms in total. The Kier molecular flexibility index (Phi) is 5.37. The number of ether oxygens (including phenoxy) is 1. The molecule has 2 aromatic heterocycles. The fourth-order valence-electron chi connectivity index (χ4n) is 1.63. The Morgan fingerprint density at radius 3 is 2.57 bits per heavy atom. The molecule has 23 heavy (non-hydrogen) atoms. The van der Waals surface area contributed by atoms with Crippen LogP contribution in [-0.2, 0) is 16.4 Å². The normalized spacial score (nSPS) is 11.5. The zero-order valence-electron chi connectivity index (χ0n) is 12.1. The summed E-state index contributed by atoms with van der Waals surface area (Å²) in [6.45, 7) is 0.912. The van der Waals surface area contributed by atoms with Gasteiger partial charge in [0.2, 0.25) is 5.88 Å². The van der Waals surface area contributed by atoms with E-state index in [1.165, 1.54) is 30.7 Å². The fraction of sp³-hybridized carbons (Fsp3) is 0.308. The lowest BCUT2D eigenvalue weighted by atomic mass is 10.4. The number of halogens is 2. The van der Waals surface area contributed by atoms with E-state index in [1.54, 1.807) is 0 Å². The lowest BCUT2D eigenvalue weighted by Gasteiger charge is -2.11. The minimum atomic E-state index is -4.07. The molecule has 0 fully saturated rings. The van der Waals surface area contributed by atoms with Crippen LogP contribution in [0.2, 0.25) is 0 Å². The number of aromatic nitrogens is 3. The van der Waals surface area contributed by atoms with Gasteiger partial charge in [-0.1, -0.05) is 6.92 Å². The Balaban J connectivity index is 2.24. The van der Waals surface area contributed by atoms with Crippen molar-refractivity contribution in [2.45, 2.75) is 24.7 Å². The molecule has 2 rings (SSSR count). The molecule has 0 spiro atoms. The molecule has 0 atom stereocenters. The average Bonchev–Trinajstić information content (AvgIpc) is 2.53. The van der Waals surface area contributed by atoms with Crippen LogP contribution < -0.4 is 9.46 Å². The summed E-state index contributed by atoms with van der Waals surface area (Å²) in [6.07, 6.45) is 1.76. The first kappa shape index (κ1) is 17.0. The summed E-state index contributed by atoms with van der Waals surface area (Å²) in [5.74, 6) is 0.168. The van der Waals surface area contributed by atoms with Crippen molar-refractivity contribution in [2.75, 3.05) is 11.3 Å². The monoisotopic (exact) mass is 344 g/mol. The highest BCUT2D eigenvalue weighted by molar-refractivity contribution is 7.92. The molecule has 1 N–H and O–H groups in total. The van der Waals surface area contributed by atoms with Crippen molar-refractivity contribution < 1.29 is 21.9 Å². The number of aryl methyl sites for hydroxylation is 1. The predicted octanol–water partition coefficient (Wildman–Crippen LogP) is 1.88. The van der Waals surface area contributed by atoms with Gasteiger partial charge in [0.05, 0.1) is 18.1 Å². The quantitative estimate of drug-likeness (QED) is 0.824. The van der Waals surface area contributed by atoms with Crippen molar-refractivity contribution in [3.8, 4) is 5.88 Å². The topological polar surface area (TPSA) is 94.1 Å². The number of hydrogen-bond acceptors (Lipinski definition) is 6. The molecular weight excluding hydrogens is 330 g/mol. The number of alkyl halides is 2. The third kappa shape index (κ3) is 4.55. The molecule has 0 aliphatic carbocycles. The molecule has 0 bridgehead atoms. The van der Waals surface area contributed by atoms with Gasteiger partial charge < -0.3 is 4.74 Å². The van der Waals surface area contributed by atoms with Crippen molar-refractivity contribution in [1.29, 1.82) is 0 Å². The molecule has 0 amide bonds. The van der Waals surface area contributed by atoms with Gasteiger partial charge in [0.1, 0.15) is 10.7 Å². The maximum atomic E-state index is 12.3. The van der Waals surface area contributed by atoms with Crippen LogP contribution in [0.15, 0.2) is 35.6 Å². The third-order valence-corrected chi connectivity index (χ3v) is 4.04. The first-order valence-corrected chi connectivity index (χ1v) is 8.10. The SMILES string of the molecule is CCc1ncc(NS(=O)(=O)c2cccnc2OCC(F)F)cn1. The molecule has 10 heteroatoms. The second-order valence-corrected chi connectivity index (χ2v) is 6.01. The number of nitrogens with one attached hydrogen (secondary N) is 1. The Morgan fingerprint density at radius 1 is 1.26 bits per heavy atom. The number of hydrogen-bond donors (Lipinski definition) is 1. The third-order valence-electron chi connectivity index (χ3n) is 2.65. The van der Waals surface area contributed by atoms with Gasteiger partial charge in [-0.05, 0) is 12.1 Å². The van der Waals surface area contributed by atoms with Gasteiger partial charge in [-0.25, -0.2) is 32.2 Å². The predicted molar refractivity (Wildman–Crippen MR) is 78.0 cm³/mol. The summed E-state index contributed by atoms with van der Waals surface area (Å²) in [5, 5.41) is 0. The minimum absolute atomic E-state index is 0.144. The molecule has 0 aliphatic heterocycles. The van der Waals surface area contributed by atoms with Gasteiger partial charge in [0.15, 0.2) is 6.61 Å². The van der Waals surface area contributed by atoms with Crippen molar-refractivity contribution in [2.24, 2.45) is 0 Å². The van der Waals surface area contributed by atoms with Gasteiger partial charge >= 0.3 is 0 Å². The maximum absolute atomic E-state index is 12.3. The van der Waals surface area contributed by atoms with Crippen LogP contribution in [0.5, 0.6) is 5.88 Å². The van der Waals surface area contributed by atoms with E-state index in [0.29, 0.717) is 12.2 Å². The summed E-state index contributed by atoms with van der Waals surface area (Å²) >= 11 is 0. The summed E-state index contributed by atoms with van der Waals surface area (Å²) < 4.78 is 56.2. The number of rotatable bonds is 7. The standard InChI is InChI=1S/C13H14F2N4O3S/c1-2-12-17-6-9(7-18-12)19-23(20,21)10-4-3-5-16-13(10)22-8-11(14)15/h3-7,11,19H,2,8H2,1H3. The molecule has 2 aromatic rings. The van der Waals surface area contributed by atoms with E-state index in [1.807, 2.05) is 6.92 Å². The van der Waals surface area contributed by atoms with Gasteiger partial charge in [-0.3, -0.25) is 4.72 Å². The van der Waals surface area contributed by atoms with Crippen LogP contribution in [0, 0.1) is 0 Å². The van der Waals surface area contributed by atoms with Crippen LogP contribution in [0.25, 0.3) is 0 Å². The molecule has 124 valence electrons. The highest BCUT2D eigenvalue weighted by atomic mass is 32.2. The fourth-order valence-corrected chi connectivity index (χ4v) is 2.76. The molecule has 0 aromatic carbocycles. The van der Waals surface area contributed by atoms with E-state index >= 15 is 0 Å². The molecular formula is C13H14F2N4O3S. The second kappa shape index (κ2) is 7.27. The van der Waals surface area contributed by atoms with Crippen molar-refractivity contribution in [3.63, 3.8) is 0 Å². The first-order chi connectivity index (χ1) is 10.9. The highest BCUT2D eigenvalue weighted by Gasteiger charge is 2.22. The summed E-state index contributed by atoms with van der Waals surface area (Å²) in [7, 11) is -4.07. The summed E-state index contributed by atoms with van der Waals surface area (Å²) in [6, 6.07) is 2.57. The van der Waals surface area contributed by atoms with Crippen LogP contribution in [0.1, 0.15) is 12.7 Å². The zero-order valence-corrected chi connectivity index (χ0v) is 12.9. The zero-order chi connectivity index (χ0) is 16.9. The van der Waals surface area contributed by atoms with Crippen molar-refractivity contribution in [3.05, 3.63) is 36.5 Å². The van der Waals surface area contributed by atoms with E-state index in [4.69, 9.17) is 4.74 Å². The molecule has 0 saturated carbocycles. The van der Waals surface area contributed by atoms with Crippen molar-refractivity contribution >= 4 is 15.7 Å². The Morgan fingerprint density at radius 2 is 1.96 bits per heavy atom. The smallest absolute Gasteiger partial charge is 0.272 e. The van der Waals surface area contributed by atoms with Gasteiger partial charge in [-0.2, -0.15) is 0 Å². The van der Waals surface area contributed by atoms with Crippen LogP contribution in [0.4, 0.5) is 14.5 Å². The lowest BCUT2D eigenvalue weighted by Crippen LogP contribution is -2.17. The number of nitrogens with zero attached hydrogens (tertiary/aromatic N) is 3. The van der Waals surface area contributed by atoms with E-state index in [-0.39, 0.29) is 10.6 Å². The molecule has 0 aliphatic rings. The molecule has 2 heterocycles. The van der Waals surface area contributed by atoms with Gasteiger partial charge in [0, 0.05) is 12.6 Å². The Labute approximate surface area is 131 Å². The largest absolute Gasteiger partial charge is 0.471 e. The molecule has 0 unspecified atom stereocenters. The Hall–Kier alpha value is -2.36. The molecule has 0 radical (unpaired) electrons. The maximum Gasteiger partial charge on any atom is 0.272 e. The number of anilines is 1. The Bertz CT molecular complexity index is 754. The van der Waals surface area contributed by atoms with Gasteiger partial charge in [-0.15, -0.1) is 0 Å². The van der Waals surface area contributed by atoms with E-state index in [9.17, 15) is 17.2 Å². The summed E-state index contributed by atoms with van der Waals surface area (Å²) in [5.41, 5.74) is 0.144. The van der Waals surface area contributed by atoms with Crippen LogP contribution in [0.3, 0.4) is 0 Å². The van der Waals surface area contributed by atoms with Gasteiger partial charge in [0.25, 0.3) is 16.4 Å². The van der Waals surface area contributed by atoms with Crippen LogP contribution >= 0.6 is 0 Å². The van der Waals surface area contributed by atoms with E-state index in [2.05, 4.69) is 19.7 Å². The minimum Gasteiger partial charge on any atom is -0.471 e. The average molecular weight is 344 g/mol. The highest BCUT2D eigenvalue weighted by Crippen LogP contribution is 2.23. The van der Waals surface area contributed by atoms with E-state index < -0.39 is 28.9 Å². The number of sulfonamides is 1. The lowest BCUT2D eigenvalue weighted by molar-refractivity contribution is 0.0779. The number of pyridine rings is 1. The first-order valence-electron chi connectivity index (χ1n) is 6.62. The van der Waals surface area contributed by atoms with Crippen LogP contribution in [-0.4, -0.2) is 36.4 Å². The van der Waals surface area contributed by atoms with E-state index in [0.717, 1.165) is 0 Å². The van der Waals surface area contributed by atoms with Crippen molar-refractivity contribution in [1.82, 2.24) is 15.0 Å². The molecule has 0 saturated heterocycles. The second-order valence-electron chi connectivity index (χ2n) is 4.36. The summed E-state index contributed by atoms with van der Waals surface area (Å²) in [4.78, 5) is 11.3.